The molecule has 0 atom stereocenters. The predicted octanol–water partition coefficient (Wildman–Crippen LogP) is 3.36. The molecular formula is C22H30N2O4. The van der Waals surface area contributed by atoms with Crippen LogP contribution >= 0.6 is 0 Å². The summed E-state index contributed by atoms with van der Waals surface area (Å²) in [4.78, 5) is 4.88. The van der Waals surface area contributed by atoms with Crippen molar-refractivity contribution in [1.29, 1.82) is 0 Å². The number of methoxy groups -OCH3 is 2. The number of hydrogen-bond acceptors (Lipinski definition) is 6. The van der Waals surface area contributed by atoms with Crippen molar-refractivity contribution in [2.45, 2.75) is 13.0 Å². The van der Waals surface area contributed by atoms with Crippen LogP contribution in [0.25, 0.3) is 0 Å². The standard InChI is InChI=1S/C22H30N2O4/c1-25-17-27-20-9-10-22(28-18-26-2)21(15-20)24-12-6-11-23(13-14-24)16-19-7-4-3-5-8-19/h3-5,7-10,15H,6,11-14,16-18H2,1-2H3. The van der Waals surface area contributed by atoms with Crippen LogP contribution in [0.15, 0.2) is 48.5 Å². The van der Waals surface area contributed by atoms with Crippen molar-refractivity contribution in [3.8, 4) is 11.5 Å². The molecule has 0 saturated carbocycles. The van der Waals surface area contributed by atoms with E-state index in [1.807, 2.05) is 18.2 Å². The molecule has 0 spiro atoms. The normalized spacial score (nSPS) is 15.3. The van der Waals surface area contributed by atoms with Gasteiger partial charge < -0.3 is 23.8 Å². The zero-order valence-electron chi connectivity index (χ0n) is 16.8. The molecule has 28 heavy (non-hydrogen) atoms. The zero-order valence-corrected chi connectivity index (χ0v) is 16.8. The first-order valence-electron chi connectivity index (χ1n) is 9.69. The Hall–Kier alpha value is -2.28. The van der Waals surface area contributed by atoms with Crippen LogP contribution in [0, 0.1) is 0 Å². The van der Waals surface area contributed by atoms with Crippen LogP contribution in [-0.2, 0) is 16.0 Å². The van der Waals surface area contributed by atoms with Crippen molar-refractivity contribution in [2.75, 3.05) is 58.9 Å². The molecule has 0 N–H and O–H groups in total. The average molecular weight is 386 g/mol. The number of nitrogens with zero attached hydrogens (tertiary/aromatic N) is 2. The van der Waals surface area contributed by atoms with E-state index < -0.39 is 0 Å². The molecule has 2 aromatic rings. The summed E-state index contributed by atoms with van der Waals surface area (Å²) in [5, 5.41) is 0. The molecule has 0 aromatic heterocycles. The number of anilines is 1. The van der Waals surface area contributed by atoms with Gasteiger partial charge in [0.05, 0.1) is 5.69 Å². The Bertz CT molecular complexity index is 711. The lowest BCUT2D eigenvalue weighted by Crippen LogP contribution is -2.30. The van der Waals surface area contributed by atoms with Crippen molar-refractivity contribution >= 4 is 5.69 Å². The third-order valence-electron chi connectivity index (χ3n) is 4.78. The van der Waals surface area contributed by atoms with Gasteiger partial charge in [0.15, 0.2) is 13.6 Å². The number of rotatable bonds is 9. The molecule has 0 amide bonds. The monoisotopic (exact) mass is 386 g/mol. The van der Waals surface area contributed by atoms with Crippen LogP contribution in [0.3, 0.4) is 0 Å². The fourth-order valence-corrected chi connectivity index (χ4v) is 3.42. The van der Waals surface area contributed by atoms with Gasteiger partial charge in [-0.1, -0.05) is 30.3 Å². The smallest absolute Gasteiger partial charge is 0.188 e. The van der Waals surface area contributed by atoms with Crippen LogP contribution in [0.5, 0.6) is 11.5 Å². The van der Waals surface area contributed by atoms with Crippen LogP contribution < -0.4 is 14.4 Å². The molecule has 6 heteroatoms. The fraction of sp³-hybridized carbons (Fsp3) is 0.455. The molecule has 1 aliphatic rings. The lowest BCUT2D eigenvalue weighted by Gasteiger charge is -2.26. The second kappa shape index (κ2) is 10.9. The highest BCUT2D eigenvalue weighted by Crippen LogP contribution is 2.33. The van der Waals surface area contributed by atoms with Gasteiger partial charge in [0.1, 0.15) is 11.5 Å². The zero-order chi connectivity index (χ0) is 19.6. The Kier molecular flexibility index (Phi) is 7.96. The maximum Gasteiger partial charge on any atom is 0.188 e. The third kappa shape index (κ3) is 5.86. The van der Waals surface area contributed by atoms with E-state index in [-0.39, 0.29) is 13.6 Å². The van der Waals surface area contributed by atoms with Crippen LogP contribution in [0.2, 0.25) is 0 Å². The van der Waals surface area contributed by atoms with E-state index in [0.717, 1.165) is 56.3 Å². The first-order valence-corrected chi connectivity index (χ1v) is 9.69. The van der Waals surface area contributed by atoms with E-state index in [1.165, 1.54) is 5.56 Å². The van der Waals surface area contributed by atoms with E-state index in [2.05, 4.69) is 40.1 Å². The molecule has 2 aromatic carbocycles. The van der Waals surface area contributed by atoms with Crippen molar-refractivity contribution in [3.05, 3.63) is 54.1 Å². The van der Waals surface area contributed by atoms with Gasteiger partial charge in [0.25, 0.3) is 0 Å². The summed E-state index contributed by atoms with van der Waals surface area (Å²) in [6.07, 6.45) is 1.10. The average Bonchev–Trinajstić information content (AvgIpc) is 2.97. The minimum Gasteiger partial charge on any atom is -0.467 e. The van der Waals surface area contributed by atoms with Crippen molar-refractivity contribution in [1.82, 2.24) is 4.90 Å². The summed E-state index contributed by atoms with van der Waals surface area (Å²) in [6.45, 7) is 5.42. The van der Waals surface area contributed by atoms with Crippen molar-refractivity contribution < 1.29 is 18.9 Å². The molecule has 1 saturated heterocycles. The SMILES string of the molecule is COCOc1ccc(OCOC)c(N2CCCN(Cc3ccccc3)CC2)c1. The van der Waals surface area contributed by atoms with Crippen LogP contribution in [0.1, 0.15) is 12.0 Å². The molecule has 1 heterocycles. The van der Waals surface area contributed by atoms with Crippen molar-refractivity contribution in [2.24, 2.45) is 0 Å². The van der Waals surface area contributed by atoms with Crippen LogP contribution in [-0.4, -0.2) is 58.9 Å². The number of hydrogen-bond donors (Lipinski definition) is 0. The lowest BCUT2D eigenvalue weighted by atomic mass is 10.2. The van der Waals surface area contributed by atoms with Gasteiger partial charge in [0.2, 0.25) is 0 Å². The molecule has 0 radical (unpaired) electrons. The van der Waals surface area contributed by atoms with Gasteiger partial charge in [-0.15, -0.1) is 0 Å². The first-order chi connectivity index (χ1) is 13.8. The molecule has 1 aliphatic heterocycles. The van der Waals surface area contributed by atoms with E-state index >= 15 is 0 Å². The van der Waals surface area contributed by atoms with Gasteiger partial charge in [-0.05, 0) is 24.1 Å². The molecule has 0 aliphatic carbocycles. The minimum absolute atomic E-state index is 0.221. The topological polar surface area (TPSA) is 43.4 Å². The summed E-state index contributed by atoms with van der Waals surface area (Å²) in [5.74, 6) is 1.58. The molecule has 6 nitrogen and oxygen atoms in total. The number of ether oxygens (including phenoxy) is 4. The summed E-state index contributed by atoms with van der Waals surface area (Å²) < 4.78 is 21.5. The maximum absolute atomic E-state index is 5.80. The lowest BCUT2D eigenvalue weighted by molar-refractivity contribution is 0.0486. The summed E-state index contributed by atoms with van der Waals surface area (Å²) in [6, 6.07) is 16.5. The molecule has 3 rings (SSSR count). The Morgan fingerprint density at radius 1 is 0.821 bits per heavy atom. The van der Waals surface area contributed by atoms with Gasteiger partial charge in [-0.3, -0.25) is 4.90 Å². The van der Waals surface area contributed by atoms with Crippen molar-refractivity contribution in [3.63, 3.8) is 0 Å². The Morgan fingerprint density at radius 2 is 1.61 bits per heavy atom. The summed E-state index contributed by atoms with van der Waals surface area (Å²) in [5.41, 5.74) is 2.39. The van der Waals surface area contributed by atoms with E-state index in [9.17, 15) is 0 Å². The molecule has 0 bridgehead atoms. The highest BCUT2D eigenvalue weighted by Gasteiger charge is 2.19. The quantitative estimate of drug-likeness (QED) is 0.616. The molecule has 152 valence electrons. The van der Waals surface area contributed by atoms with Gasteiger partial charge >= 0.3 is 0 Å². The molecule has 1 fully saturated rings. The minimum atomic E-state index is 0.221. The summed E-state index contributed by atoms with van der Waals surface area (Å²) in [7, 11) is 3.25. The van der Waals surface area contributed by atoms with Gasteiger partial charge in [0, 0.05) is 53.0 Å². The number of benzene rings is 2. The highest BCUT2D eigenvalue weighted by molar-refractivity contribution is 5.61. The first kappa shape index (κ1) is 20.5. The third-order valence-corrected chi connectivity index (χ3v) is 4.78. The Balaban J connectivity index is 1.70. The van der Waals surface area contributed by atoms with E-state index in [1.54, 1.807) is 14.2 Å². The largest absolute Gasteiger partial charge is 0.467 e. The maximum atomic E-state index is 5.80. The Labute approximate surface area is 167 Å². The molecular weight excluding hydrogens is 356 g/mol. The summed E-state index contributed by atoms with van der Waals surface area (Å²) >= 11 is 0. The van der Waals surface area contributed by atoms with E-state index in [4.69, 9.17) is 18.9 Å². The fourth-order valence-electron chi connectivity index (χ4n) is 3.42. The molecule has 0 unspecified atom stereocenters. The predicted molar refractivity (Wildman–Crippen MR) is 110 cm³/mol. The Morgan fingerprint density at radius 3 is 2.39 bits per heavy atom. The highest BCUT2D eigenvalue weighted by atomic mass is 16.7. The van der Waals surface area contributed by atoms with Gasteiger partial charge in [-0.25, -0.2) is 0 Å². The van der Waals surface area contributed by atoms with Crippen LogP contribution in [0.4, 0.5) is 5.69 Å². The van der Waals surface area contributed by atoms with Gasteiger partial charge in [-0.2, -0.15) is 0 Å². The second-order valence-electron chi connectivity index (χ2n) is 6.83. The van der Waals surface area contributed by atoms with E-state index in [0.29, 0.717) is 0 Å². The second-order valence-corrected chi connectivity index (χ2v) is 6.83.